The number of piperidine rings is 1. The lowest BCUT2D eigenvalue weighted by atomic mass is 9.97. The average molecular weight is 463 g/mol. The zero-order valence-electron chi connectivity index (χ0n) is 17.8. The maximum atomic E-state index is 13.3. The lowest BCUT2D eigenvalue weighted by molar-refractivity contribution is -0.384. The Hall–Kier alpha value is -3.21. The van der Waals surface area contributed by atoms with E-state index in [1.807, 2.05) is 6.92 Å². The predicted octanol–water partition coefficient (Wildman–Crippen LogP) is 3.29. The van der Waals surface area contributed by atoms with Crippen molar-refractivity contribution in [3.8, 4) is 0 Å². The van der Waals surface area contributed by atoms with Crippen molar-refractivity contribution < 1.29 is 23.2 Å². The maximum absolute atomic E-state index is 13.3. The van der Waals surface area contributed by atoms with Gasteiger partial charge in [-0.25, -0.2) is 17.7 Å². The van der Waals surface area contributed by atoms with Gasteiger partial charge in [0.05, 0.1) is 15.7 Å². The molecule has 1 aromatic heterocycles. The minimum absolute atomic E-state index is 0.0566. The van der Waals surface area contributed by atoms with Gasteiger partial charge in [-0.05, 0) is 37.5 Å². The number of aliphatic carboxylic acids is 1. The summed E-state index contributed by atoms with van der Waals surface area (Å²) in [7, 11) is -3.92. The Morgan fingerprint density at radius 1 is 1.22 bits per heavy atom. The third kappa shape index (κ3) is 4.98. The summed E-state index contributed by atoms with van der Waals surface area (Å²) < 4.78 is 27.9. The van der Waals surface area contributed by atoms with E-state index in [0.29, 0.717) is 19.3 Å². The molecule has 172 valence electrons. The van der Waals surface area contributed by atoms with Gasteiger partial charge in [0.1, 0.15) is 5.82 Å². The first kappa shape index (κ1) is 23.5. The van der Waals surface area contributed by atoms with Crippen molar-refractivity contribution >= 4 is 33.3 Å². The second-order valence-corrected chi connectivity index (χ2v) is 9.47. The smallest absolute Gasteiger partial charge is 0.311 e. The zero-order chi connectivity index (χ0) is 23.3. The standard InChI is InChI=1S/C21H26N4O6S/c1-2-3-13-24(32(30,31)17-7-5-4-6-8-17)19-10-9-18(25(28)29)20(22-19)23-14-11-16(12-15-23)21(26)27/h4-10,16H,2-3,11-15H2,1H3,(H,26,27). The SMILES string of the molecule is CCCCN(c1ccc([N+](=O)[O-])c(N2CCC(C(=O)O)CC2)n1)S(=O)(=O)c1ccccc1. The highest BCUT2D eigenvalue weighted by atomic mass is 32.2. The van der Waals surface area contributed by atoms with Crippen molar-refractivity contribution in [2.75, 3.05) is 28.8 Å². The van der Waals surface area contributed by atoms with E-state index in [1.165, 1.54) is 28.6 Å². The molecule has 2 heterocycles. The van der Waals surface area contributed by atoms with E-state index in [9.17, 15) is 28.4 Å². The van der Waals surface area contributed by atoms with Crippen LogP contribution in [-0.4, -0.2) is 49.0 Å². The van der Waals surface area contributed by atoms with Crippen LogP contribution in [0.4, 0.5) is 17.3 Å². The highest BCUT2D eigenvalue weighted by Gasteiger charge is 2.32. The summed E-state index contributed by atoms with van der Waals surface area (Å²) in [5.74, 6) is -1.24. The van der Waals surface area contributed by atoms with E-state index < -0.39 is 26.8 Å². The monoisotopic (exact) mass is 462 g/mol. The fourth-order valence-electron chi connectivity index (χ4n) is 3.66. The van der Waals surface area contributed by atoms with Crippen molar-refractivity contribution in [2.24, 2.45) is 5.92 Å². The van der Waals surface area contributed by atoms with E-state index in [0.717, 1.165) is 6.42 Å². The van der Waals surface area contributed by atoms with Crippen LogP contribution in [0.5, 0.6) is 0 Å². The fraction of sp³-hybridized carbons (Fsp3) is 0.429. The number of hydrogen-bond donors (Lipinski definition) is 1. The van der Waals surface area contributed by atoms with Crippen molar-refractivity contribution in [1.29, 1.82) is 0 Å². The number of hydrogen-bond acceptors (Lipinski definition) is 7. The van der Waals surface area contributed by atoms with E-state index in [2.05, 4.69) is 4.98 Å². The van der Waals surface area contributed by atoms with Crippen LogP contribution in [0.25, 0.3) is 0 Å². The van der Waals surface area contributed by atoms with Crippen molar-refractivity contribution in [2.45, 2.75) is 37.5 Å². The number of benzene rings is 1. The van der Waals surface area contributed by atoms with Gasteiger partial charge in [0.2, 0.25) is 5.82 Å². The van der Waals surface area contributed by atoms with Gasteiger partial charge < -0.3 is 10.0 Å². The van der Waals surface area contributed by atoms with E-state index in [-0.39, 0.29) is 41.9 Å². The second-order valence-electron chi connectivity index (χ2n) is 7.61. The van der Waals surface area contributed by atoms with Gasteiger partial charge in [0, 0.05) is 25.7 Å². The van der Waals surface area contributed by atoms with Crippen molar-refractivity contribution in [1.82, 2.24) is 4.98 Å². The van der Waals surface area contributed by atoms with Crippen LogP contribution in [0.3, 0.4) is 0 Å². The van der Waals surface area contributed by atoms with Gasteiger partial charge in [-0.1, -0.05) is 31.5 Å². The molecule has 0 bridgehead atoms. The highest BCUT2D eigenvalue weighted by molar-refractivity contribution is 7.92. The molecule has 10 nitrogen and oxygen atoms in total. The molecule has 1 N–H and O–H groups in total. The Labute approximate surface area is 186 Å². The molecule has 1 fully saturated rings. The summed E-state index contributed by atoms with van der Waals surface area (Å²) in [4.78, 5) is 28.5. The number of unbranched alkanes of at least 4 members (excludes halogenated alkanes) is 1. The van der Waals surface area contributed by atoms with Gasteiger partial charge >= 0.3 is 11.7 Å². The van der Waals surface area contributed by atoms with Gasteiger partial charge in [-0.3, -0.25) is 14.9 Å². The first-order valence-electron chi connectivity index (χ1n) is 10.5. The Kier molecular flexibility index (Phi) is 7.29. The van der Waals surface area contributed by atoms with Gasteiger partial charge in [0.25, 0.3) is 10.0 Å². The third-order valence-corrected chi connectivity index (χ3v) is 7.30. The Morgan fingerprint density at radius 3 is 2.44 bits per heavy atom. The van der Waals surface area contributed by atoms with Crippen molar-refractivity contribution in [3.05, 3.63) is 52.6 Å². The second kappa shape index (κ2) is 9.94. The summed E-state index contributed by atoms with van der Waals surface area (Å²) in [5, 5.41) is 20.8. The molecule has 1 saturated heterocycles. The summed E-state index contributed by atoms with van der Waals surface area (Å²) in [6.07, 6.45) is 2.01. The number of nitro groups is 1. The summed E-state index contributed by atoms with van der Waals surface area (Å²) in [6.45, 7) is 2.69. The van der Waals surface area contributed by atoms with Crippen LogP contribution in [0.15, 0.2) is 47.4 Å². The zero-order valence-corrected chi connectivity index (χ0v) is 18.6. The quantitative estimate of drug-likeness (QED) is 0.443. The van der Waals surface area contributed by atoms with Crippen LogP contribution in [0.1, 0.15) is 32.6 Å². The average Bonchev–Trinajstić information content (AvgIpc) is 2.79. The van der Waals surface area contributed by atoms with Crippen LogP contribution in [0, 0.1) is 16.0 Å². The molecule has 1 aliphatic heterocycles. The van der Waals surface area contributed by atoms with Crippen LogP contribution < -0.4 is 9.21 Å². The molecular formula is C21H26N4O6S. The minimum atomic E-state index is -3.92. The van der Waals surface area contributed by atoms with E-state index >= 15 is 0 Å². The summed E-state index contributed by atoms with van der Waals surface area (Å²) >= 11 is 0. The van der Waals surface area contributed by atoms with Crippen LogP contribution >= 0.6 is 0 Å². The minimum Gasteiger partial charge on any atom is -0.481 e. The van der Waals surface area contributed by atoms with Gasteiger partial charge in [-0.2, -0.15) is 0 Å². The fourth-order valence-corrected chi connectivity index (χ4v) is 5.14. The Morgan fingerprint density at radius 2 is 1.88 bits per heavy atom. The predicted molar refractivity (Wildman–Crippen MR) is 119 cm³/mol. The van der Waals surface area contributed by atoms with Crippen LogP contribution in [-0.2, 0) is 14.8 Å². The number of carboxylic acid groups (broad SMARTS) is 1. The molecule has 3 rings (SSSR count). The third-order valence-electron chi connectivity index (χ3n) is 5.48. The van der Waals surface area contributed by atoms with Gasteiger partial charge in [0.15, 0.2) is 0 Å². The molecule has 0 amide bonds. The van der Waals surface area contributed by atoms with Crippen molar-refractivity contribution in [3.63, 3.8) is 0 Å². The normalized spacial score (nSPS) is 14.8. The number of carbonyl (C=O) groups is 1. The molecule has 0 aliphatic carbocycles. The number of aromatic nitrogens is 1. The summed E-state index contributed by atoms with van der Waals surface area (Å²) in [5.41, 5.74) is -0.241. The van der Waals surface area contributed by atoms with Crippen LogP contribution in [0.2, 0.25) is 0 Å². The molecule has 0 saturated carbocycles. The van der Waals surface area contributed by atoms with Gasteiger partial charge in [-0.15, -0.1) is 0 Å². The lowest BCUT2D eigenvalue weighted by Gasteiger charge is -2.31. The number of pyridine rings is 1. The van der Waals surface area contributed by atoms with E-state index in [4.69, 9.17) is 0 Å². The number of rotatable bonds is 9. The molecule has 1 aromatic carbocycles. The first-order valence-corrected chi connectivity index (χ1v) is 11.9. The molecule has 0 radical (unpaired) electrons. The molecule has 0 spiro atoms. The number of anilines is 2. The summed E-state index contributed by atoms with van der Waals surface area (Å²) in [6, 6.07) is 10.6. The maximum Gasteiger partial charge on any atom is 0.311 e. The highest BCUT2D eigenvalue weighted by Crippen LogP contribution is 2.33. The molecule has 32 heavy (non-hydrogen) atoms. The topological polar surface area (TPSA) is 134 Å². The molecule has 0 unspecified atom stereocenters. The van der Waals surface area contributed by atoms with E-state index in [1.54, 1.807) is 23.1 Å². The largest absolute Gasteiger partial charge is 0.481 e. The lowest BCUT2D eigenvalue weighted by Crippen LogP contribution is -2.38. The molecule has 1 aliphatic rings. The number of carboxylic acids is 1. The molecule has 0 atom stereocenters. The first-order chi connectivity index (χ1) is 15.3. The molecule has 2 aromatic rings. The number of nitrogens with zero attached hydrogens (tertiary/aromatic N) is 4. The molecule has 11 heteroatoms. The Balaban J connectivity index is 2.02. The Bertz CT molecular complexity index is 1070. The molecular weight excluding hydrogens is 436 g/mol. The number of sulfonamides is 1.